The third kappa shape index (κ3) is 3.61. The van der Waals surface area contributed by atoms with E-state index >= 15 is 0 Å². The van der Waals surface area contributed by atoms with Crippen molar-refractivity contribution in [3.63, 3.8) is 0 Å². The summed E-state index contributed by atoms with van der Waals surface area (Å²) in [5.74, 6) is -0.0335. The van der Waals surface area contributed by atoms with E-state index in [-0.39, 0.29) is 6.04 Å². The van der Waals surface area contributed by atoms with Gasteiger partial charge in [-0.3, -0.25) is 0 Å². The van der Waals surface area contributed by atoms with Crippen molar-refractivity contribution in [3.05, 3.63) is 29.8 Å². The molecule has 3 aromatic rings. The number of ether oxygens (including phenoxy) is 1. The number of nitrogen functional groups attached to an aromatic ring is 1. The lowest BCUT2D eigenvalue weighted by atomic mass is 10.1. The van der Waals surface area contributed by atoms with Crippen LogP contribution >= 0.6 is 0 Å². The van der Waals surface area contributed by atoms with E-state index in [4.69, 9.17) is 20.4 Å². The molecule has 1 atom stereocenters. The maximum atomic E-state index is 12.6. The van der Waals surface area contributed by atoms with Gasteiger partial charge in [-0.05, 0) is 31.9 Å². The van der Waals surface area contributed by atoms with Crippen LogP contribution in [-0.4, -0.2) is 27.1 Å². The highest BCUT2D eigenvalue weighted by Gasteiger charge is 2.27. The highest BCUT2D eigenvalue weighted by molar-refractivity contribution is 6.08. The maximum absolute atomic E-state index is 12.6. The summed E-state index contributed by atoms with van der Waals surface area (Å²) in [4.78, 5) is 22.1. The van der Waals surface area contributed by atoms with Crippen molar-refractivity contribution in [2.45, 2.75) is 58.9 Å². The summed E-state index contributed by atoms with van der Waals surface area (Å²) in [6.45, 7) is 6.41. The highest BCUT2D eigenvalue weighted by atomic mass is 16.5. The summed E-state index contributed by atoms with van der Waals surface area (Å²) >= 11 is 0. The fourth-order valence-electron chi connectivity index (χ4n) is 3.60. The zero-order chi connectivity index (χ0) is 19.4. The molecule has 2 aromatic heterocycles. The van der Waals surface area contributed by atoms with Crippen LogP contribution in [0.5, 0.6) is 0 Å². The second-order valence-electron chi connectivity index (χ2n) is 6.79. The third-order valence-corrected chi connectivity index (χ3v) is 4.99. The van der Waals surface area contributed by atoms with Crippen molar-refractivity contribution in [2.24, 2.45) is 0 Å². The number of esters is 1. The van der Waals surface area contributed by atoms with Crippen molar-refractivity contribution in [3.8, 4) is 0 Å². The van der Waals surface area contributed by atoms with Crippen LogP contribution in [0.4, 0.5) is 5.82 Å². The van der Waals surface area contributed by atoms with Gasteiger partial charge in [0.15, 0.2) is 5.65 Å². The summed E-state index contributed by atoms with van der Waals surface area (Å²) in [7, 11) is 0. The van der Waals surface area contributed by atoms with Crippen LogP contribution in [0.25, 0.3) is 22.2 Å². The number of nitrogens with two attached hydrogens (primary N) is 1. The second-order valence-corrected chi connectivity index (χ2v) is 6.79. The molecule has 1 aromatic carbocycles. The number of anilines is 1. The first kappa shape index (κ1) is 19.1. The molecule has 6 heteroatoms. The van der Waals surface area contributed by atoms with E-state index in [2.05, 4.69) is 13.8 Å². The minimum Gasteiger partial charge on any atom is -0.462 e. The van der Waals surface area contributed by atoms with Crippen LogP contribution in [0.2, 0.25) is 0 Å². The van der Waals surface area contributed by atoms with E-state index in [1.54, 1.807) is 6.92 Å². The highest BCUT2D eigenvalue weighted by Crippen LogP contribution is 2.34. The largest absolute Gasteiger partial charge is 0.462 e. The number of benzene rings is 1. The van der Waals surface area contributed by atoms with Gasteiger partial charge in [-0.2, -0.15) is 0 Å². The SMILES string of the molecule is CCCCC[C@H](CC)n1c(N)c(C(=O)OCC)c2nc3ccccc3nc21. The fourth-order valence-corrected chi connectivity index (χ4v) is 3.60. The predicted molar refractivity (Wildman–Crippen MR) is 109 cm³/mol. The van der Waals surface area contributed by atoms with Gasteiger partial charge in [0.1, 0.15) is 16.9 Å². The molecule has 144 valence electrons. The van der Waals surface area contributed by atoms with Gasteiger partial charge in [0.2, 0.25) is 0 Å². The molecule has 2 heterocycles. The topological polar surface area (TPSA) is 83.0 Å². The number of nitrogens with zero attached hydrogens (tertiary/aromatic N) is 3. The Labute approximate surface area is 159 Å². The Hall–Kier alpha value is -2.63. The number of para-hydroxylation sites is 2. The van der Waals surface area contributed by atoms with Gasteiger partial charge in [-0.1, -0.05) is 45.2 Å². The third-order valence-electron chi connectivity index (χ3n) is 4.99. The van der Waals surface area contributed by atoms with Crippen LogP contribution < -0.4 is 5.73 Å². The first-order chi connectivity index (χ1) is 13.1. The molecule has 0 fully saturated rings. The predicted octanol–water partition coefficient (Wildman–Crippen LogP) is 4.87. The summed E-state index contributed by atoms with van der Waals surface area (Å²) < 4.78 is 7.25. The molecular weight excluding hydrogens is 340 g/mol. The van der Waals surface area contributed by atoms with Gasteiger partial charge in [0, 0.05) is 6.04 Å². The minimum absolute atomic E-state index is 0.178. The lowest BCUT2D eigenvalue weighted by Crippen LogP contribution is -2.14. The van der Waals surface area contributed by atoms with E-state index in [9.17, 15) is 4.79 Å². The fraction of sp³-hybridized carbons (Fsp3) is 0.476. The number of hydrogen-bond acceptors (Lipinski definition) is 5. The van der Waals surface area contributed by atoms with Crippen LogP contribution in [0.3, 0.4) is 0 Å². The van der Waals surface area contributed by atoms with E-state index in [1.165, 1.54) is 6.42 Å². The molecule has 0 saturated carbocycles. The molecule has 0 aliphatic rings. The van der Waals surface area contributed by atoms with Crippen LogP contribution in [0.15, 0.2) is 24.3 Å². The van der Waals surface area contributed by atoms with Crippen LogP contribution in [0.1, 0.15) is 69.3 Å². The van der Waals surface area contributed by atoms with E-state index in [0.717, 1.165) is 36.7 Å². The molecule has 0 aliphatic carbocycles. The van der Waals surface area contributed by atoms with Gasteiger partial charge < -0.3 is 15.0 Å². The first-order valence-corrected chi connectivity index (χ1v) is 9.85. The number of unbranched alkanes of at least 4 members (excludes halogenated alkanes) is 2. The van der Waals surface area contributed by atoms with Gasteiger partial charge in [-0.25, -0.2) is 14.8 Å². The molecule has 0 radical (unpaired) electrons. The minimum atomic E-state index is -0.438. The molecule has 0 spiro atoms. The molecule has 3 rings (SSSR count). The first-order valence-electron chi connectivity index (χ1n) is 9.85. The smallest absolute Gasteiger partial charge is 0.344 e. The summed E-state index contributed by atoms with van der Waals surface area (Å²) in [5.41, 5.74) is 9.53. The number of fused-ring (bicyclic) bond motifs is 2. The van der Waals surface area contributed by atoms with Crippen LogP contribution in [-0.2, 0) is 4.74 Å². The Morgan fingerprint density at radius 2 is 1.85 bits per heavy atom. The molecule has 0 amide bonds. The summed E-state index contributed by atoms with van der Waals surface area (Å²) in [6, 6.07) is 7.84. The Bertz CT molecular complexity index is 948. The normalized spacial score (nSPS) is 12.6. The molecule has 27 heavy (non-hydrogen) atoms. The monoisotopic (exact) mass is 368 g/mol. The molecule has 2 N–H and O–H groups in total. The Kier molecular flexibility index (Phi) is 5.94. The summed E-state index contributed by atoms with van der Waals surface area (Å²) in [5, 5.41) is 0. The van der Waals surface area contributed by atoms with Gasteiger partial charge in [0.25, 0.3) is 0 Å². The number of carbonyl (C=O) groups is 1. The molecule has 0 saturated heterocycles. The quantitative estimate of drug-likeness (QED) is 0.453. The van der Waals surface area contributed by atoms with Crippen molar-refractivity contribution < 1.29 is 9.53 Å². The van der Waals surface area contributed by atoms with E-state index in [0.29, 0.717) is 29.2 Å². The van der Waals surface area contributed by atoms with Crippen LogP contribution in [0, 0.1) is 0 Å². The van der Waals surface area contributed by atoms with Gasteiger partial charge >= 0.3 is 5.97 Å². The molecular formula is C21H28N4O2. The van der Waals surface area contributed by atoms with Crippen molar-refractivity contribution >= 4 is 34.0 Å². The number of aromatic nitrogens is 3. The average Bonchev–Trinajstić information content (AvgIpc) is 2.95. The molecule has 6 nitrogen and oxygen atoms in total. The second kappa shape index (κ2) is 8.37. The Balaban J connectivity index is 2.22. The molecule has 0 unspecified atom stereocenters. The Morgan fingerprint density at radius 1 is 1.15 bits per heavy atom. The van der Waals surface area contributed by atoms with Crippen molar-refractivity contribution in [1.82, 2.24) is 14.5 Å². The number of rotatable bonds is 8. The Morgan fingerprint density at radius 3 is 2.48 bits per heavy atom. The van der Waals surface area contributed by atoms with Crippen molar-refractivity contribution in [2.75, 3.05) is 12.3 Å². The zero-order valence-corrected chi connectivity index (χ0v) is 16.4. The lowest BCUT2D eigenvalue weighted by molar-refractivity contribution is 0.0529. The molecule has 0 bridgehead atoms. The van der Waals surface area contributed by atoms with E-state index in [1.807, 2.05) is 28.8 Å². The summed E-state index contributed by atoms with van der Waals surface area (Å²) in [6.07, 6.45) is 5.36. The van der Waals surface area contributed by atoms with Gasteiger partial charge in [-0.15, -0.1) is 0 Å². The lowest BCUT2D eigenvalue weighted by Gasteiger charge is -2.19. The number of hydrogen-bond donors (Lipinski definition) is 1. The van der Waals surface area contributed by atoms with Crippen molar-refractivity contribution in [1.29, 1.82) is 0 Å². The number of carbonyl (C=O) groups excluding carboxylic acids is 1. The molecule has 0 aliphatic heterocycles. The maximum Gasteiger partial charge on any atom is 0.344 e. The van der Waals surface area contributed by atoms with E-state index < -0.39 is 5.97 Å². The zero-order valence-electron chi connectivity index (χ0n) is 16.4. The standard InChI is InChI=1S/C21H28N4O2/c1-4-7-8-11-14(5-2)25-19(22)17(21(26)27-6-3)18-20(25)24-16-13-10-9-12-15(16)23-18/h9-10,12-14H,4-8,11,22H2,1-3H3/t14-/m0/s1. The average molecular weight is 368 g/mol. The van der Waals surface area contributed by atoms with Gasteiger partial charge in [0.05, 0.1) is 17.6 Å².